The number of benzene rings is 1. The van der Waals surface area contributed by atoms with Crippen molar-refractivity contribution in [3.05, 3.63) is 52.6 Å². The summed E-state index contributed by atoms with van der Waals surface area (Å²) in [5.74, 6) is 0.895. The number of aromatic nitrogens is 1. The third-order valence-electron chi connectivity index (χ3n) is 2.70. The van der Waals surface area contributed by atoms with Crippen LogP contribution in [0.25, 0.3) is 0 Å². The highest BCUT2D eigenvalue weighted by molar-refractivity contribution is 9.10. The third-order valence-corrected chi connectivity index (χ3v) is 3.17. The molecule has 0 saturated carbocycles. The molecule has 1 unspecified atom stereocenters. The van der Waals surface area contributed by atoms with Crippen molar-refractivity contribution >= 4 is 21.7 Å². The summed E-state index contributed by atoms with van der Waals surface area (Å²) in [5, 5.41) is 3.22. The molecule has 20 heavy (non-hydrogen) atoms. The van der Waals surface area contributed by atoms with Crippen LogP contribution in [0.5, 0.6) is 5.75 Å². The average Bonchev–Trinajstić information content (AvgIpc) is 2.41. The van der Waals surface area contributed by atoms with Crippen molar-refractivity contribution in [3.63, 3.8) is 0 Å². The van der Waals surface area contributed by atoms with Gasteiger partial charge in [-0.2, -0.15) is 8.78 Å². The highest BCUT2D eigenvalue weighted by Crippen LogP contribution is 2.22. The summed E-state index contributed by atoms with van der Waals surface area (Å²) >= 11 is 3.32. The first-order valence-electron chi connectivity index (χ1n) is 5.97. The van der Waals surface area contributed by atoms with Gasteiger partial charge < -0.3 is 10.1 Å². The minimum atomic E-state index is -2.80. The van der Waals surface area contributed by atoms with Crippen molar-refractivity contribution in [2.24, 2.45) is 0 Å². The Bertz CT molecular complexity index is 546. The minimum absolute atomic E-state index is 0.00396. The minimum Gasteiger partial charge on any atom is -0.435 e. The Hall–Kier alpha value is -1.69. The van der Waals surface area contributed by atoms with Gasteiger partial charge in [-0.25, -0.2) is 4.98 Å². The molecule has 2 aromatic rings. The SMILES string of the molecule is CC(Nc1ccc(Br)cn1)c1ccc(OC(F)F)cc1. The van der Waals surface area contributed by atoms with E-state index in [0.717, 1.165) is 15.9 Å². The van der Waals surface area contributed by atoms with E-state index in [2.05, 4.69) is 31.0 Å². The van der Waals surface area contributed by atoms with Gasteiger partial charge in [-0.3, -0.25) is 0 Å². The first kappa shape index (κ1) is 14.7. The van der Waals surface area contributed by atoms with E-state index >= 15 is 0 Å². The molecule has 6 heteroatoms. The number of alkyl halides is 2. The van der Waals surface area contributed by atoms with Gasteiger partial charge in [-0.15, -0.1) is 0 Å². The Morgan fingerprint density at radius 2 is 1.85 bits per heavy atom. The Kier molecular flexibility index (Phi) is 4.89. The maximum absolute atomic E-state index is 12.1. The molecule has 1 aromatic heterocycles. The molecule has 0 bridgehead atoms. The summed E-state index contributed by atoms with van der Waals surface area (Å²) in [6.07, 6.45) is 1.70. The van der Waals surface area contributed by atoms with Gasteiger partial charge in [0.25, 0.3) is 0 Å². The summed E-state index contributed by atoms with van der Waals surface area (Å²) in [7, 11) is 0. The molecule has 0 spiro atoms. The molecule has 0 fully saturated rings. The first-order valence-corrected chi connectivity index (χ1v) is 6.77. The number of ether oxygens (including phenoxy) is 1. The lowest BCUT2D eigenvalue weighted by Crippen LogP contribution is -2.08. The van der Waals surface area contributed by atoms with E-state index in [1.165, 1.54) is 12.1 Å². The average molecular weight is 343 g/mol. The van der Waals surface area contributed by atoms with Crippen molar-refractivity contribution in [1.82, 2.24) is 4.98 Å². The Morgan fingerprint density at radius 1 is 1.15 bits per heavy atom. The molecule has 1 N–H and O–H groups in total. The summed E-state index contributed by atoms with van der Waals surface area (Å²) in [6.45, 7) is -0.837. The molecular weight excluding hydrogens is 330 g/mol. The predicted molar refractivity (Wildman–Crippen MR) is 77.0 cm³/mol. The zero-order valence-electron chi connectivity index (χ0n) is 10.7. The number of anilines is 1. The van der Waals surface area contributed by atoms with Gasteiger partial charge in [-0.1, -0.05) is 12.1 Å². The van der Waals surface area contributed by atoms with Gasteiger partial charge >= 0.3 is 6.61 Å². The largest absolute Gasteiger partial charge is 0.435 e. The number of pyridine rings is 1. The number of halogens is 3. The number of hydrogen-bond donors (Lipinski definition) is 1. The van der Waals surface area contributed by atoms with Gasteiger partial charge in [0.05, 0.1) is 0 Å². The van der Waals surface area contributed by atoms with E-state index in [4.69, 9.17) is 0 Å². The highest BCUT2D eigenvalue weighted by atomic mass is 79.9. The van der Waals surface area contributed by atoms with Gasteiger partial charge in [0.1, 0.15) is 11.6 Å². The zero-order chi connectivity index (χ0) is 14.5. The summed E-state index contributed by atoms with van der Waals surface area (Å²) in [4.78, 5) is 4.22. The van der Waals surface area contributed by atoms with Crippen molar-refractivity contribution in [2.45, 2.75) is 19.6 Å². The fourth-order valence-electron chi connectivity index (χ4n) is 1.70. The van der Waals surface area contributed by atoms with Crippen LogP contribution >= 0.6 is 15.9 Å². The number of nitrogens with zero attached hydrogens (tertiary/aromatic N) is 1. The van der Waals surface area contributed by atoms with E-state index in [1.807, 2.05) is 19.1 Å². The lowest BCUT2D eigenvalue weighted by molar-refractivity contribution is -0.0498. The van der Waals surface area contributed by atoms with E-state index < -0.39 is 6.61 Å². The number of nitrogens with one attached hydrogen (secondary N) is 1. The molecule has 0 aliphatic carbocycles. The van der Waals surface area contributed by atoms with Crippen LogP contribution in [0.1, 0.15) is 18.5 Å². The van der Waals surface area contributed by atoms with Gasteiger partial charge in [0.15, 0.2) is 0 Å². The molecule has 1 heterocycles. The van der Waals surface area contributed by atoms with Crippen molar-refractivity contribution in [2.75, 3.05) is 5.32 Å². The van der Waals surface area contributed by atoms with Crippen molar-refractivity contribution < 1.29 is 13.5 Å². The maximum Gasteiger partial charge on any atom is 0.387 e. The molecule has 0 radical (unpaired) electrons. The summed E-state index contributed by atoms with van der Waals surface area (Å²) < 4.78 is 29.3. The molecule has 0 saturated heterocycles. The monoisotopic (exact) mass is 342 g/mol. The first-order chi connectivity index (χ1) is 9.54. The molecule has 1 atom stereocenters. The molecule has 0 aliphatic rings. The number of hydrogen-bond acceptors (Lipinski definition) is 3. The summed E-state index contributed by atoms with van der Waals surface area (Å²) in [5.41, 5.74) is 0.955. The zero-order valence-corrected chi connectivity index (χ0v) is 12.3. The van der Waals surface area contributed by atoms with E-state index in [-0.39, 0.29) is 11.8 Å². The third kappa shape index (κ3) is 4.16. The van der Waals surface area contributed by atoms with Crippen LogP contribution in [0, 0.1) is 0 Å². The Morgan fingerprint density at radius 3 is 2.40 bits per heavy atom. The van der Waals surface area contributed by atoms with Gasteiger partial charge in [0.2, 0.25) is 0 Å². The second kappa shape index (κ2) is 6.65. The maximum atomic E-state index is 12.1. The molecule has 3 nitrogen and oxygen atoms in total. The van der Waals surface area contributed by atoms with E-state index in [1.54, 1.807) is 18.3 Å². The van der Waals surface area contributed by atoms with Gasteiger partial charge in [0, 0.05) is 16.7 Å². The number of rotatable bonds is 5. The Labute approximate surface area is 124 Å². The lowest BCUT2D eigenvalue weighted by Gasteiger charge is -2.15. The molecule has 2 rings (SSSR count). The molecule has 1 aromatic carbocycles. The van der Waals surface area contributed by atoms with Crippen molar-refractivity contribution in [1.29, 1.82) is 0 Å². The predicted octanol–water partition coefficient (Wildman–Crippen LogP) is 4.62. The standard InChI is InChI=1S/C14H13BrF2N2O/c1-9(19-13-7-4-11(15)8-18-13)10-2-5-12(6-3-10)20-14(16)17/h2-9,14H,1H3,(H,18,19). The van der Waals surface area contributed by atoms with E-state index in [9.17, 15) is 8.78 Å². The lowest BCUT2D eigenvalue weighted by atomic mass is 10.1. The summed E-state index contributed by atoms with van der Waals surface area (Å²) in [6, 6.07) is 10.3. The fraction of sp³-hybridized carbons (Fsp3) is 0.214. The van der Waals surface area contributed by atoms with E-state index in [0.29, 0.717) is 0 Å². The molecule has 106 valence electrons. The van der Waals surface area contributed by atoms with Crippen LogP contribution in [0.15, 0.2) is 47.1 Å². The normalized spacial score (nSPS) is 12.2. The van der Waals surface area contributed by atoms with Crippen LogP contribution in [-0.4, -0.2) is 11.6 Å². The van der Waals surface area contributed by atoms with Gasteiger partial charge in [-0.05, 0) is 52.7 Å². The smallest absolute Gasteiger partial charge is 0.387 e. The molecule has 0 amide bonds. The van der Waals surface area contributed by atoms with Crippen LogP contribution in [0.2, 0.25) is 0 Å². The quantitative estimate of drug-likeness (QED) is 0.860. The van der Waals surface area contributed by atoms with Crippen LogP contribution in [0.3, 0.4) is 0 Å². The second-order valence-electron chi connectivity index (χ2n) is 4.18. The highest BCUT2D eigenvalue weighted by Gasteiger charge is 2.08. The Balaban J connectivity index is 2.01. The second-order valence-corrected chi connectivity index (χ2v) is 5.09. The molecule has 0 aliphatic heterocycles. The molecular formula is C14H13BrF2N2O. The van der Waals surface area contributed by atoms with Crippen LogP contribution in [0.4, 0.5) is 14.6 Å². The van der Waals surface area contributed by atoms with Crippen LogP contribution in [-0.2, 0) is 0 Å². The van der Waals surface area contributed by atoms with Crippen molar-refractivity contribution in [3.8, 4) is 5.75 Å². The van der Waals surface area contributed by atoms with Crippen LogP contribution < -0.4 is 10.1 Å². The topological polar surface area (TPSA) is 34.2 Å². The fourth-order valence-corrected chi connectivity index (χ4v) is 1.94.